The molecule has 0 amide bonds. The van der Waals surface area contributed by atoms with Crippen molar-refractivity contribution in [3.05, 3.63) is 22.4 Å². The lowest BCUT2D eigenvalue weighted by Crippen LogP contribution is -2.50. The van der Waals surface area contributed by atoms with Gasteiger partial charge >= 0.3 is 0 Å². The van der Waals surface area contributed by atoms with Gasteiger partial charge in [0.25, 0.3) is 0 Å². The number of hydrogen-bond acceptors (Lipinski definition) is 3. The Kier molecular flexibility index (Phi) is 2.58. The molecule has 0 spiro atoms. The van der Waals surface area contributed by atoms with Crippen molar-refractivity contribution in [1.29, 1.82) is 0 Å². The summed E-state index contributed by atoms with van der Waals surface area (Å²) in [5.41, 5.74) is 0. The molecule has 13 heavy (non-hydrogen) atoms. The summed E-state index contributed by atoms with van der Waals surface area (Å²) < 4.78 is 5.54. The van der Waals surface area contributed by atoms with E-state index in [9.17, 15) is 0 Å². The van der Waals surface area contributed by atoms with Crippen molar-refractivity contribution in [3.63, 3.8) is 0 Å². The van der Waals surface area contributed by atoms with Crippen molar-refractivity contribution in [1.82, 2.24) is 10.3 Å². The van der Waals surface area contributed by atoms with Gasteiger partial charge in [-0.05, 0) is 0 Å². The monoisotopic (exact) mass is 218 g/mol. The molecule has 1 aromatic rings. The molecule has 2 heterocycles. The number of nitrogens with one attached hydrogen (secondary N) is 1. The van der Waals surface area contributed by atoms with Gasteiger partial charge in [0, 0.05) is 25.2 Å². The Balaban J connectivity index is 2.10. The summed E-state index contributed by atoms with van der Waals surface area (Å²) in [5.74, 6) is 0.677. The maximum absolute atomic E-state index is 5.70. The van der Waals surface area contributed by atoms with Crippen molar-refractivity contribution in [2.24, 2.45) is 0 Å². The molecule has 0 aliphatic carbocycles. The smallest absolute Gasteiger partial charge is 0.134 e. The maximum Gasteiger partial charge on any atom is 0.134 e. The summed E-state index contributed by atoms with van der Waals surface area (Å²) in [5, 5.41) is 3.82. The van der Waals surface area contributed by atoms with E-state index in [1.54, 1.807) is 12.1 Å². The first-order chi connectivity index (χ1) is 6.24. The Labute approximate surface area is 86.0 Å². The molecule has 1 aliphatic rings. The molecular formula is C8H8Cl2N2O. The number of pyridine rings is 1. The molecule has 0 aromatic carbocycles. The van der Waals surface area contributed by atoms with Crippen LogP contribution in [0, 0.1) is 0 Å². The van der Waals surface area contributed by atoms with E-state index >= 15 is 0 Å². The largest absolute Gasteiger partial charge is 0.488 e. The van der Waals surface area contributed by atoms with Gasteiger partial charge in [0.2, 0.25) is 0 Å². The van der Waals surface area contributed by atoms with Crippen LogP contribution in [0.4, 0.5) is 0 Å². The second-order valence-electron chi connectivity index (χ2n) is 2.85. The van der Waals surface area contributed by atoms with Crippen LogP contribution in [0.5, 0.6) is 5.75 Å². The zero-order valence-corrected chi connectivity index (χ0v) is 8.27. The Morgan fingerprint density at radius 2 is 1.92 bits per heavy atom. The third-order valence-corrected chi connectivity index (χ3v) is 2.17. The predicted molar refractivity (Wildman–Crippen MR) is 51.5 cm³/mol. The fourth-order valence-corrected chi connectivity index (χ4v) is 1.49. The molecule has 1 aliphatic heterocycles. The average Bonchev–Trinajstić information content (AvgIpc) is 1.95. The minimum atomic E-state index is 0.231. The summed E-state index contributed by atoms with van der Waals surface area (Å²) in [6.45, 7) is 1.75. The van der Waals surface area contributed by atoms with E-state index in [4.69, 9.17) is 27.9 Å². The predicted octanol–water partition coefficient (Wildman–Crippen LogP) is 1.74. The summed E-state index contributed by atoms with van der Waals surface area (Å²) in [7, 11) is 0. The molecular weight excluding hydrogens is 211 g/mol. The number of ether oxygens (including phenoxy) is 1. The van der Waals surface area contributed by atoms with E-state index in [1.165, 1.54) is 0 Å². The minimum absolute atomic E-state index is 0.231. The SMILES string of the molecule is Clc1cc(OC2CNC2)cc(Cl)n1. The molecule has 0 unspecified atom stereocenters. The van der Waals surface area contributed by atoms with Crippen LogP contribution < -0.4 is 10.1 Å². The summed E-state index contributed by atoms with van der Waals surface area (Å²) in [6.07, 6.45) is 0.231. The second-order valence-corrected chi connectivity index (χ2v) is 3.62. The van der Waals surface area contributed by atoms with E-state index in [1.807, 2.05) is 0 Å². The summed E-state index contributed by atoms with van der Waals surface area (Å²) in [6, 6.07) is 3.32. The molecule has 1 saturated heterocycles. The van der Waals surface area contributed by atoms with Crippen LogP contribution in [-0.4, -0.2) is 24.2 Å². The van der Waals surface area contributed by atoms with E-state index < -0.39 is 0 Å². The molecule has 5 heteroatoms. The standard InChI is InChI=1S/C8H8Cl2N2O/c9-7-1-5(2-8(10)12-7)13-6-3-11-4-6/h1-2,6,11H,3-4H2. The Morgan fingerprint density at radius 3 is 2.38 bits per heavy atom. The van der Waals surface area contributed by atoms with Gasteiger partial charge in [-0.2, -0.15) is 0 Å². The van der Waals surface area contributed by atoms with E-state index in [2.05, 4.69) is 10.3 Å². The number of hydrogen-bond donors (Lipinski definition) is 1. The van der Waals surface area contributed by atoms with Gasteiger partial charge in [-0.25, -0.2) is 4.98 Å². The van der Waals surface area contributed by atoms with Crippen molar-refractivity contribution in [3.8, 4) is 5.75 Å². The molecule has 3 nitrogen and oxygen atoms in total. The van der Waals surface area contributed by atoms with Gasteiger partial charge in [-0.1, -0.05) is 23.2 Å². The Bertz CT molecular complexity index is 295. The topological polar surface area (TPSA) is 34.1 Å². The highest BCUT2D eigenvalue weighted by Gasteiger charge is 2.18. The second kappa shape index (κ2) is 3.70. The van der Waals surface area contributed by atoms with Crippen molar-refractivity contribution < 1.29 is 4.74 Å². The van der Waals surface area contributed by atoms with Crippen LogP contribution in [0.1, 0.15) is 0 Å². The highest BCUT2D eigenvalue weighted by atomic mass is 35.5. The lowest BCUT2D eigenvalue weighted by molar-refractivity contribution is 0.142. The van der Waals surface area contributed by atoms with Crippen LogP contribution in [0.3, 0.4) is 0 Å². The van der Waals surface area contributed by atoms with Crippen LogP contribution in [0.2, 0.25) is 10.3 Å². The lowest BCUT2D eigenvalue weighted by atomic mass is 10.2. The van der Waals surface area contributed by atoms with E-state index in [-0.39, 0.29) is 6.10 Å². The molecule has 2 rings (SSSR count). The fraction of sp³-hybridized carbons (Fsp3) is 0.375. The highest BCUT2D eigenvalue weighted by molar-refractivity contribution is 6.32. The molecule has 1 N–H and O–H groups in total. The van der Waals surface area contributed by atoms with Crippen LogP contribution in [-0.2, 0) is 0 Å². The summed E-state index contributed by atoms with van der Waals surface area (Å²) in [4.78, 5) is 3.82. The van der Waals surface area contributed by atoms with Gasteiger partial charge in [0.05, 0.1) is 0 Å². The van der Waals surface area contributed by atoms with Crippen LogP contribution in [0.15, 0.2) is 12.1 Å². The Hall–Kier alpha value is -0.510. The molecule has 0 bridgehead atoms. The number of nitrogens with zero attached hydrogens (tertiary/aromatic N) is 1. The van der Waals surface area contributed by atoms with Gasteiger partial charge < -0.3 is 10.1 Å². The van der Waals surface area contributed by atoms with Gasteiger partial charge in [0.1, 0.15) is 22.2 Å². The normalized spacial score (nSPS) is 16.8. The van der Waals surface area contributed by atoms with Gasteiger partial charge in [-0.15, -0.1) is 0 Å². The first kappa shape index (κ1) is 9.06. The lowest BCUT2D eigenvalue weighted by Gasteiger charge is -2.27. The van der Waals surface area contributed by atoms with E-state index in [0.29, 0.717) is 16.1 Å². The number of aromatic nitrogens is 1. The van der Waals surface area contributed by atoms with Gasteiger partial charge in [0.15, 0.2) is 0 Å². The highest BCUT2D eigenvalue weighted by Crippen LogP contribution is 2.22. The molecule has 70 valence electrons. The van der Waals surface area contributed by atoms with Crippen molar-refractivity contribution in [2.45, 2.75) is 6.10 Å². The van der Waals surface area contributed by atoms with Gasteiger partial charge in [-0.3, -0.25) is 0 Å². The molecule has 0 atom stereocenters. The third kappa shape index (κ3) is 2.24. The molecule has 1 aromatic heterocycles. The van der Waals surface area contributed by atoms with Crippen molar-refractivity contribution >= 4 is 23.2 Å². The molecule has 0 radical (unpaired) electrons. The molecule has 0 saturated carbocycles. The zero-order chi connectivity index (χ0) is 9.26. The van der Waals surface area contributed by atoms with Crippen molar-refractivity contribution in [2.75, 3.05) is 13.1 Å². The first-order valence-corrected chi connectivity index (χ1v) is 4.70. The molecule has 1 fully saturated rings. The number of halogens is 2. The Morgan fingerprint density at radius 1 is 1.31 bits per heavy atom. The van der Waals surface area contributed by atoms with Crippen LogP contribution >= 0.6 is 23.2 Å². The fourth-order valence-electron chi connectivity index (χ4n) is 1.05. The first-order valence-electron chi connectivity index (χ1n) is 3.94. The maximum atomic E-state index is 5.70. The summed E-state index contributed by atoms with van der Waals surface area (Å²) >= 11 is 11.4. The zero-order valence-electron chi connectivity index (χ0n) is 6.76. The number of rotatable bonds is 2. The minimum Gasteiger partial charge on any atom is -0.488 e. The van der Waals surface area contributed by atoms with E-state index in [0.717, 1.165) is 13.1 Å². The van der Waals surface area contributed by atoms with Crippen LogP contribution in [0.25, 0.3) is 0 Å². The average molecular weight is 219 g/mol. The third-order valence-electron chi connectivity index (χ3n) is 1.78. The quantitative estimate of drug-likeness (QED) is 0.769.